The van der Waals surface area contributed by atoms with E-state index in [1.165, 1.54) is 6.42 Å². The second-order valence-electron chi connectivity index (χ2n) is 3.89. The molecule has 0 saturated carbocycles. The van der Waals surface area contributed by atoms with Crippen molar-refractivity contribution in [1.29, 1.82) is 0 Å². The quantitative estimate of drug-likeness (QED) is 0.720. The van der Waals surface area contributed by atoms with Crippen LogP contribution in [-0.2, 0) is 9.53 Å². The highest BCUT2D eigenvalue weighted by Gasteiger charge is 2.15. The van der Waals surface area contributed by atoms with Crippen molar-refractivity contribution >= 4 is 5.91 Å². The van der Waals surface area contributed by atoms with E-state index in [0.717, 1.165) is 19.4 Å². The molecule has 0 aromatic heterocycles. The highest BCUT2D eigenvalue weighted by molar-refractivity contribution is 5.77. The van der Waals surface area contributed by atoms with Gasteiger partial charge in [-0.3, -0.25) is 4.79 Å². The Morgan fingerprint density at radius 1 is 1.54 bits per heavy atom. The summed E-state index contributed by atoms with van der Waals surface area (Å²) in [6, 6.07) is 0. The van der Waals surface area contributed by atoms with Gasteiger partial charge in [-0.15, -0.1) is 0 Å². The Bertz CT molecular complexity index is 162. The summed E-state index contributed by atoms with van der Waals surface area (Å²) in [6.07, 6.45) is 3.71. The zero-order valence-corrected chi connectivity index (χ0v) is 8.51. The fraction of sp³-hybridized carbons (Fsp3) is 0.900. The molecule has 1 fully saturated rings. The predicted molar refractivity (Wildman–Crippen MR) is 51.4 cm³/mol. The Hall–Kier alpha value is -0.570. The van der Waals surface area contributed by atoms with Crippen LogP contribution in [0.2, 0.25) is 0 Å². The number of nitrogens with one attached hydrogen (secondary N) is 1. The lowest BCUT2D eigenvalue weighted by molar-refractivity contribution is -0.124. The minimum absolute atomic E-state index is 0.0728. The first-order chi connectivity index (χ1) is 6.20. The van der Waals surface area contributed by atoms with Crippen molar-refractivity contribution < 1.29 is 9.53 Å². The van der Waals surface area contributed by atoms with E-state index < -0.39 is 0 Å². The van der Waals surface area contributed by atoms with Crippen LogP contribution in [0.5, 0.6) is 0 Å². The summed E-state index contributed by atoms with van der Waals surface area (Å²) >= 11 is 0. The van der Waals surface area contributed by atoms with E-state index in [1.54, 1.807) is 0 Å². The van der Waals surface area contributed by atoms with Crippen LogP contribution in [0.1, 0.15) is 33.1 Å². The summed E-state index contributed by atoms with van der Waals surface area (Å²) in [4.78, 5) is 11.2. The van der Waals surface area contributed by atoms with E-state index in [-0.39, 0.29) is 17.9 Å². The minimum Gasteiger partial charge on any atom is -0.376 e. The Labute approximate surface area is 79.8 Å². The molecule has 0 bridgehead atoms. The second-order valence-corrected chi connectivity index (χ2v) is 3.89. The van der Waals surface area contributed by atoms with Gasteiger partial charge in [-0.1, -0.05) is 13.8 Å². The van der Waals surface area contributed by atoms with Gasteiger partial charge in [0.25, 0.3) is 0 Å². The largest absolute Gasteiger partial charge is 0.376 e. The molecular formula is C10H19NO2. The SMILES string of the molecule is CC(C)C(=O)NC[C@H]1CCCCO1. The number of hydrogen-bond acceptors (Lipinski definition) is 2. The van der Waals surface area contributed by atoms with E-state index in [1.807, 2.05) is 13.8 Å². The lowest BCUT2D eigenvalue weighted by atomic mass is 10.1. The lowest BCUT2D eigenvalue weighted by Gasteiger charge is -2.23. The molecule has 1 rings (SSSR count). The number of carbonyl (C=O) groups excluding carboxylic acids is 1. The average molecular weight is 185 g/mol. The Kier molecular flexibility index (Phi) is 4.22. The molecule has 0 unspecified atom stereocenters. The summed E-state index contributed by atoms with van der Waals surface area (Å²) < 4.78 is 5.49. The maximum Gasteiger partial charge on any atom is 0.222 e. The number of ether oxygens (including phenoxy) is 1. The third-order valence-corrected chi connectivity index (χ3v) is 2.30. The predicted octanol–water partition coefficient (Wildman–Crippen LogP) is 1.33. The van der Waals surface area contributed by atoms with Crippen LogP contribution < -0.4 is 5.32 Å². The molecule has 3 nitrogen and oxygen atoms in total. The van der Waals surface area contributed by atoms with Crippen molar-refractivity contribution in [2.24, 2.45) is 5.92 Å². The topological polar surface area (TPSA) is 38.3 Å². The van der Waals surface area contributed by atoms with Crippen LogP contribution in [0, 0.1) is 5.92 Å². The number of amides is 1. The Morgan fingerprint density at radius 2 is 2.31 bits per heavy atom. The van der Waals surface area contributed by atoms with Crippen LogP contribution in [0.25, 0.3) is 0 Å². The molecule has 0 aromatic carbocycles. The molecule has 0 aromatic rings. The number of rotatable bonds is 3. The summed E-state index contributed by atoms with van der Waals surface area (Å²) in [5.41, 5.74) is 0. The van der Waals surface area contributed by atoms with Crippen molar-refractivity contribution in [2.75, 3.05) is 13.2 Å². The highest BCUT2D eigenvalue weighted by Crippen LogP contribution is 2.11. The maximum atomic E-state index is 11.2. The minimum atomic E-state index is 0.0728. The third-order valence-electron chi connectivity index (χ3n) is 2.30. The number of carbonyl (C=O) groups is 1. The summed E-state index contributed by atoms with van der Waals surface area (Å²) in [5.74, 6) is 0.192. The standard InChI is InChI=1S/C10H19NO2/c1-8(2)10(12)11-7-9-5-3-4-6-13-9/h8-9H,3-7H2,1-2H3,(H,11,12)/t9-/m1/s1. The molecule has 76 valence electrons. The van der Waals surface area contributed by atoms with Crippen LogP contribution >= 0.6 is 0 Å². The van der Waals surface area contributed by atoms with Crippen molar-refractivity contribution in [1.82, 2.24) is 5.32 Å². The van der Waals surface area contributed by atoms with Crippen molar-refractivity contribution in [3.8, 4) is 0 Å². The van der Waals surface area contributed by atoms with Crippen LogP contribution in [0.15, 0.2) is 0 Å². The molecule has 3 heteroatoms. The molecule has 0 aliphatic carbocycles. The van der Waals surface area contributed by atoms with Gasteiger partial charge in [0, 0.05) is 19.1 Å². The Morgan fingerprint density at radius 3 is 2.85 bits per heavy atom. The van der Waals surface area contributed by atoms with Gasteiger partial charge in [0.1, 0.15) is 0 Å². The van der Waals surface area contributed by atoms with Gasteiger partial charge in [-0.2, -0.15) is 0 Å². The maximum absolute atomic E-state index is 11.2. The second kappa shape index (κ2) is 5.22. The first-order valence-electron chi connectivity index (χ1n) is 5.09. The molecular weight excluding hydrogens is 166 g/mol. The molecule has 1 N–H and O–H groups in total. The molecule has 0 radical (unpaired) electrons. The van der Waals surface area contributed by atoms with Gasteiger partial charge < -0.3 is 10.1 Å². The smallest absolute Gasteiger partial charge is 0.222 e. The molecule has 1 heterocycles. The summed E-state index contributed by atoms with van der Waals surface area (Å²) in [6.45, 7) is 5.33. The van der Waals surface area contributed by atoms with Gasteiger partial charge in [0.05, 0.1) is 6.10 Å². The van der Waals surface area contributed by atoms with E-state index in [0.29, 0.717) is 6.54 Å². The molecule has 13 heavy (non-hydrogen) atoms. The van der Waals surface area contributed by atoms with E-state index in [2.05, 4.69) is 5.32 Å². The van der Waals surface area contributed by atoms with Crippen LogP contribution in [0.4, 0.5) is 0 Å². The molecule has 1 aliphatic rings. The van der Waals surface area contributed by atoms with Gasteiger partial charge >= 0.3 is 0 Å². The highest BCUT2D eigenvalue weighted by atomic mass is 16.5. The fourth-order valence-corrected chi connectivity index (χ4v) is 1.39. The van der Waals surface area contributed by atoms with Gasteiger partial charge in [0.2, 0.25) is 5.91 Å². The lowest BCUT2D eigenvalue weighted by Crippen LogP contribution is -2.37. The zero-order valence-electron chi connectivity index (χ0n) is 8.51. The normalized spacial score (nSPS) is 23.2. The van der Waals surface area contributed by atoms with Gasteiger partial charge in [-0.05, 0) is 19.3 Å². The zero-order chi connectivity index (χ0) is 9.68. The first kappa shape index (κ1) is 10.5. The molecule has 1 aliphatic heterocycles. The summed E-state index contributed by atoms with van der Waals surface area (Å²) in [7, 11) is 0. The van der Waals surface area contributed by atoms with Gasteiger partial charge in [-0.25, -0.2) is 0 Å². The molecule has 0 spiro atoms. The first-order valence-corrected chi connectivity index (χ1v) is 5.09. The van der Waals surface area contributed by atoms with Crippen molar-refractivity contribution in [3.63, 3.8) is 0 Å². The fourth-order valence-electron chi connectivity index (χ4n) is 1.39. The number of hydrogen-bond donors (Lipinski definition) is 1. The summed E-state index contributed by atoms with van der Waals surface area (Å²) in [5, 5.41) is 2.89. The van der Waals surface area contributed by atoms with Crippen LogP contribution in [-0.4, -0.2) is 25.2 Å². The van der Waals surface area contributed by atoms with E-state index in [4.69, 9.17) is 4.74 Å². The third kappa shape index (κ3) is 3.77. The van der Waals surface area contributed by atoms with Crippen LogP contribution in [0.3, 0.4) is 0 Å². The molecule has 1 saturated heterocycles. The van der Waals surface area contributed by atoms with E-state index >= 15 is 0 Å². The molecule has 1 atom stereocenters. The van der Waals surface area contributed by atoms with E-state index in [9.17, 15) is 4.79 Å². The Balaban J connectivity index is 2.13. The monoisotopic (exact) mass is 185 g/mol. The van der Waals surface area contributed by atoms with Crippen molar-refractivity contribution in [2.45, 2.75) is 39.2 Å². The van der Waals surface area contributed by atoms with Crippen molar-refractivity contribution in [3.05, 3.63) is 0 Å². The van der Waals surface area contributed by atoms with Gasteiger partial charge in [0.15, 0.2) is 0 Å². The average Bonchev–Trinajstić information content (AvgIpc) is 2.15. The molecule has 1 amide bonds.